The van der Waals surface area contributed by atoms with E-state index in [-0.39, 0.29) is 29.7 Å². The first-order chi connectivity index (χ1) is 18.3. The lowest BCUT2D eigenvalue weighted by Crippen LogP contribution is -2.65. The second kappa shape index (κ2) is 8.92. The van der Waals surface area contributed by atoms with Crippen molar-refractivity contribution in [1.29, 1.82) is 0 Å². The van der Waals surface area contributed by atoms with Gasteiger partial charge >= 0.3 is 0 Å². The summed E-state index contributed by atoms with van der Waals surface area (Å²) in [5.74, 6) is -6.74. The summed E-state index contributed by atoms with van der Waals surface area (Å²) in [4.78, 5) is 46.7. The molecule has 0 bridgehead atoms. The molecule has 4 atom stereocenters. The Morgan fingerprint density at radius 1 is 1.10 bits per heavy atom. The van der Waals surface area contributed by atoms with Crippen LogP contribution in [0.25, 0.3) is 16.9 Å². The summed E-state index contributed by atoms with van der Waals surface area (Å²) >= 11 is 0. The number of phenols is 1. The number of carbonyl (C=O) groups is 3. The molecule has 5 rings (SSSR count). The molecule has 39 heavy (non-hydrogen) atoms. The lowest BCUT2D eigenvalue weighted by molar-refractivity contribution is -0.153. The van der Waals surface area contributed by atoms with Crippen LogP contribution in [0.4, 0.5) is 5.69 Å². The highest BCUT2D eigenvalue weighted by molar-refractivity contribution is 6.24. The third kappa shape index (κ3) is 3.57. The maximum absolute atomic E-state index is 14.0. The first kappa shape index (κ1) is 26.4. The minimum absolute atomic E-state index is 0.0332. The van der Waals surface area contributed by atoms with Crippen molar-refractivity contribution in [3.8, 4) is 16.9 Å². The molecular formula is C28H30N4O7. The molecule has 0 spiro atoms. The molecular weight excluding hydrogens is 504 g/mol. The number of anilines is 1. The Morgan fingerprint density at radius 3 is 2.31 bits per heavy atom. The fourth-order valence-electron chi connectivity index (χ4n) is 6.44. The second-order valence-corrected chi connectivity index (χ2v) is 10.7. The summed E-state index contributed by atoms with van der Waals surface area (Å²) in [5.41, 5.74) is 4.06. The van der Waals surface area contributed by atoms with E-state index in [0.717, 1.165) is 0 Å². The van der Waals surface area contributed by atoms with Crippen LogP contribution in [0.3, 0.4) is 0 Å². The molecule has 1 unspecified atom stereocenters. The molecule has 1 aromatic carbocycles. The number of aromatic hydroxyl groups is 1. The molecule has 0 saturated heterocycles. The van der Waals surface area contributed by atoms with E-state index < -0.39 is 58.0 Å². The zero-order chi connectivity index (χ0) is 28.5. The smallest absolute Gasteiger partial charge is 0.255 e. The first-order valence-electron chi connectivity index (χ1n) is 12.4. The average molecular weight is 535 g/mol. The van der Waals surface area contributed by atoms with Gasteiger partial charge in [-0.1, -0.05) is 0 Å². The summed E-state index contributed by atoms with van der Waals surface area (Å²) < 4.78 is 0. The number of pyridine rings is 1. The molecule has 0 aliphatic heterocycles. The Labute approximate surface area is 224 Å². The lowest BCUT2D eigenvalue weighted by Gasteiger charge is -2.50. The first-order valence-corrected chi connectivity index (χ1v) is 12.4. The van der Waals surface area contributed by atoms with Crippen LogP contribution in [0.5, 0.6) is 5.75 Å². The van der Waals surface area contributed by atoms with E-state index in [1.54, 1.807) is 44.7 Å². The molecule has 204 valence electrons. The van der Waals surface area contributed by atoms with Gasteiger partial charge in [0.2, 0.25) is 5.78 Å². The van der Waals surface area contributed by atoms with Crippen molar-refractivity contribution in [2.24, 2.45) is 17.6 Å². The second-order valence-electron chi connectivity index (χ2n) is 10.7. The van der Waals surface area contributed by atoms with E-state index in [2.05, 4.69) is 4.98 Å². The van der Waals surface area contributed by atoms with E-state index >= 15 is 0 Å². The zero-order valence-electron chi connectivity index (χ0n) is 22.0. The molecule has 1 amide bonds. The van der Waals surface area contributed by atoms with Crippen LogP contribution in [0.2, 0.25) is 0 Å². The molecule has 1 fully saturated rings. The number of hydrogen-bond acceptors (Lipinski definition) is 10. The number of likely N-dealkylation sites (N-methyl/N-ethyl adjacent to an activating group) is 1. The van der Waals surface area contributed by atoms with E-state index in [0.29, 0.717) is 22.4 Å². The van der Waals surface area contributed by atoms with Gasteiger partial charge in [0.15, 0.2) is 11.4 Å². The molecule has 1 aromatic heterocycles. The third-order valence-electron chi connectivity index (χ3n) is 8.17. The molecule has 3 aliphatic carbocycles. The maximum atomic E-state index is 14.0. The van der Waals surface area contributed by atoms with Crippen molar-refractivity contribution >= 4 is 28.9 Å². The number of amides is 1. The SMILES string of the molecule is CN(C)c1cc(-c2ccncc2)c(O)c2c1C[C@H]1C[C@H]3[C@H](N(C)C)C(=O)C(C(N)=O)=C(O)C3(O)C(=O)C1=C2O. The average Bonchev–Trinajstić information content (AvgIpc) is 2.86. The number of benzene rings is 1. The summed E-state index contributed by atoms with van der Waals surface area (Å²) in [6, 6.07) is 4.07. The number of hydrogen-bond donors (Lipinski definition) is 5. The van der Waals surface area contributed by atoms with Crippen LogP contribution < -0.4 is 10.6 Å². The number of Topliss-reactive ketones (excluding diaryl/α,β-unsaturated/α-hetero) is 2. The van der Waals surface area contributed by atoms with Gasteiger partial charge in [0.25, 0.3) is 5.91 Å². The number of ketones is 2. The number of primary amides is 1. The largest absolute Gasteiger partial charge is 0.508 e. The van der Waals surface area contributed by atoms with Crippen LogP contribution in [-0.4, -0.2) is 87.6 Å². The van der Waals surface area contributed by atoms with Crippen LogP contribution in [0, 0.1) is 11.8 Å². The fraction of sp³-hybridized carbons (Fsp3) is 0.357. The van der Waals surface area contributed by atoms with Crippen molar-refractivity contribution in [1.82, 2.24) is 9.88 Å². The Bertz CT molecular complexity index is 1490. The maximum Gasteiger partial charge on any atom is 0.255 e. The normalized spacial score (nSPS) is 26.4. The summed E-state index contributed by atoms with van der Waals surface area (Å²) in [5, 5.41) is 45.7. The van der Waals surface area contributed by atoms with Gasteiger partial charge < -0.3 is 31.1 Å². The lowest BCUT2D eigenvalue weighted by atomic mass is 9.57. The predicted molar refractivity (Wildman–Crippen MR) is 142 cm³/mol. The van der Waals surface area contributed by atoms with Gasteiger partial charge in [0, 0.05) is 49.2 Å². The van der Waals surface area contributed by atoms with Crippen LogP contribution in [-0.2, 0) is 20.8 Å². The van der Waals surface area contributed by atoms with E-state index in [1.165, 1.54) is 4.90 Å². The molecule has 2 aromatic rings. The van der Waals surface area contributed by atoms with Crippen LogP contribution >= 0.6 is 0 Å². The number of aromatic nitrogens is 1. The molecule has 1 saturated carbocycles. The van der Waals surface area contributed by atoms with Crippen molar-refractivity contribution in [3.05, 3.63) is 58.6 Å². The number of rotatable bonds is 4. The Kier molecular flexibility index (Phi) is 6.04. The Balaban J connectivity index is 1.78. The van der Waals surface area contributed by atoms with Gasteiger partial charge in [0.1, 0.15) is 22.8 Å². The minimum atomic E-state index is -2.67. The zero-order valence-corrected chi connectivity index (χ0v) is 22.0. The van der Waals surface area contributed by atoms with E-state index in [9.17, 15) is 34.8 Å². The van der Waals surface area contributed by atoms with Crippen molar-refractivity contribution in [2.45, 2.75) is 24.5 Å². The monoisotopic (exact) mass is 534 g/mol. The standard InChI is InChI=1S/C28H30N4O7/c1-31(2)17-11-14(12-5-7-30-8-6-12)22(33)19-15(17)9-13-10-16-21(32(3)4)24(35)20(27(29)38)26(37)28(16,39)25(36)18(13)23(19)34/h5-8,11,13,16,21,33-34,37,39H,9-10H2,1-4H3,(H2,29,38)/t13-,16-,21-,28?/m0/s1. The molecule has 11 nitrogen and oxygen atoms in total. The molecule has 3 aliphatic rings. The van der Waals surface area contributed by atoms with Crippen molar-refractivity contribution in [2.75, 3.05) is 33.1 Å². The van der Waals surface area contributed by atoms with E-state index in [1.807, 2.05) is 19.0 Å². The number of phenolic OH excluding ortho intramolecular Hbond substituents is 1. The molecule has 11 heteroatoms. The van der Waals surface area contributed by atoms with Gasteiger partial charge in [-0.25, -0.2) is 0 Å². The quantitative estimate of drug-likeness (QED) is 0.357. The number of nitrogens with zero attached hydrogens (tertiary/aromatic N) is 3. The highest BCUT2D eigenvalue weighted by atomic mass is 16.3. The van der Waals surface area contributed by atoms with Crippen molar-refractivity contribution in [3.63, 3.8) is 0 Å². The highest BCUT2D eigenvalue weighted by Crippen LogP contribution is 2.54. The predicted octanol–water partition coefficient (Wildman–Crippen LogP) is 1.09. The molecule has 0 radical (unpaired) electrons. The topological polar surface area (TPSA) is 178 Å². The highest BCUT2D eigenvalue weighted by Gasteiger charge is 2.64. The third-order valence-corrected chi connectivity index (χ3v) is 8.17. The summed E-state index contributed by atoms with van der Waals surface area (Å²) in [7, 11) is 6.77. The number of aliphatic hydroxyl groups is 3. The van der Waals surface area contributed by atoms with Crippen LogP contribution in [0.1, 0.15) is 17.5 Å². The van der Waals surface area contributed by atoms with Gasteiger partial charge in [-0.15, -0.1) is 0 Å². The van der Waals surface area contributed by atoms with Gasteiger partial charge in [-0.05, 0) is 62.2 Å². The Hall–Kier alpha value is -4.22. The number of carbonyl (C=O) groups excluding carboxylic acids is 3. The van der Waals surface area contributed by atoms with Crippen LogP contribution in [0.15, 0.2) is 47.5 Å². The van der Waals surface area contributed by atoms with Gasteiger partial charge in [-0.3, -0.25) is 24.3 Å². The number of nitrogens with two attached hydrogens (primary N) is 1. The summed E-state index contributed by atoms with van der Waals surface area (Å²) in [6.45, 7) is 0. The fourth-order valence-corrected chi connectivity index (χ4v) is 6.44. The number of aliphatic hydroxyl groups excluding tert-OH is 2. The Morgan fingerprint density at radius 2 is 1.74 bits per heavy atom. The minimum Gasteiger partial charge on any atom is -0.508 e. The summed E-state index contributed by atoms with van der Waals surface area (Å²) in [6.07, 6.45) is 3.38. The molecule has 6 N–H and O–H groups in total. The van der Waals surface area contributed by atoms with Gasteiger partial charge in [0.05, 0.1) is 11.6 Å². The van der Waals surface area contributed by atoms with Gasteiger partial charge in [-0.2, -0.15) is 0 Å². The number of fused-ring (bicyclic) bond motifs is 3. The van der Waals surface area contributed by atoms with Crippen molar-refractivity contribution < 1.29 is 34.8 Å². The molecule has 1 heterocycles. The van der Waals surface area contributed by atoms with E-state index in [4.69, 9.17) is 5.73 Å².